The molecule has 4 aromatic rings. The number of thiazole rings is 1. The molecule has 0 fully saturated rings. The highest BCUT2D eigenvalue weighted by molar-refractivity contribution is 7.80. The summed E-state index contributed by atoms with van der Waals surface area (Å²) in [4.78, 5) is 16.8. The van der Waals surface area contributed by atoms with Gasteiger partial charge in [-0.1, -0.05) is 12.1 Å². The normalized spacial score (nSPS) is 11.0. The summed E-state index contributed by atoms with van der Waals surface area (Å²) in [6, 6.07) is 17.2. The lowest BCUT2D eigenvalue weighted by Gasteiger charge is -2.13. The van der Waals surface area contributed by atoms with Crippen molar-refractivity contribution in [3.8, 4) is 16.3 Å². The molecule has 4 rings (SSSR count). The van der Waals surface area contributed by atoms with Crippen molar-refractivity contribution in [3.05, 3.63) is 72.7 Å². The second-order valence-electron chi connectivity index (χ2n) is 6.19. The van der Waals surface area contributed by atoms with E-state index in [9.17, 15) is 4.79 Å². The average molecular weight is 436 g/mol. The number of fused-ring (bicyclic) bond motifs is 1. The van der Waals surface area contributed by atoms with E-state index in [-0.39, 0.29) is 11.0 Å². The average Bonchev–Trinajstić information content (AvgIpc) is 3.41. The minimum atomic E-state index is -0.370. The van der Waals surface area contributed by atoms with Gasteiger partial charge in [0.05, 0.1) is 29.3 Å². The van der Waals surface area contributed by atoms with Crippen LogP contribution in [0.1, 0.15) is 5.76 Å². The zero-order valence-corrected chi connectivity index (χ0v) is 17.5. The number of amides is 1. The number of carbonyl (C=O) groups is 1. The summed E-state index contributed by atoms with van der Waals surface area (Å²) in [5.41, 5.74) is 2.51. The van der Waals surface area contributed by atoms with Crippen molar-refractivity contribution in [1.29, 1.82) is 0 Å². The summed E-state index contributed by atoms with van der Waals surface area (Å²) >= 11 is 6.88. The molecule has 1 amide bonds. The lowest BCUT2D eigenvalue weighted by atomic mass is 10.2. The Morgan fingerprint density at radius 2 is 2.07 bits per heavy atom. The first-order valence-electron chi connectivity index (χ1n) is 9.00. The number of rotatable bonds is 5. The fourth-order valence-corrected chi connectivity index (χ4v) is 3.96. The van der Waals surface area contributed by atoms with Gasteiger partial charge in [0.1, 0.15) is 16.5 Å². The molecule has 0 bridgehead atoms. The van der Waals surface area contributed by atoms with Gasteiger partial charge >= 0.3 is 0 Å². The zero-order valence-electron chi connectivity index (χ0n) is 15.9. The van der Waals surface area contributed by atoms with Gasteiger partial charge in [0, 0.05) is 11.6 Å². The molecule has 30 heavy (non-hydrogen) atoms. The number of furan rings is 1. The molecule has 6 nitrogen and oxygen atoms in total. The topological polar surface area (TPSA) is 76.4 Å². The van der Waals surface area contributed by atoms with E-state index in [1.54, 1.807) is 36.7 Å². The maximum atomic E-state index is 12.1. The van der Waals surface area contributed by atoms with Crippen LogP contribution in [0.2, 0.25) is 0 Å². The molecule has 8 heteroatoms. The zero-order chi connectivity index (χ0) is 20.9. The van der Waals surface area contributed by atoms with Gasteiger partial charge in [0.25, 0.3) is 0 Å². The lowest BCUT2D eigenvalue weighted by molar-refractivity contribution is -0.115. The molecule has 0 spiro atoms. The Bertz CT molecular complexity index is 1200. The van der Waals surface area contributed by atoms with E-state index in [0.29, 0.717) is 17.2 Å². The van der Waals surface area contributed by atoms with Crippen LogP contribution >= 0.6 is 23.6 Å². The van der Waals surface area contributed by atoms with Crippen molar-refractivity contribution in [2.45, 2.75) is 0 Å². The number of hydrogen-bond donors (Lipinski definition) is 2. The number of nitrogens with one attached hydrogen (secondary N) is 2. The molecule has 0 atom stereocenters. The van der Waals surface area contributed by atoms with Gasteiger partial charge in [-0.25, -0.2) is 4.98 Å². The molecule has 150 valence electrons. The van der Waals surface area contributed by atoms with Gasteiger partial charge in [-0.3, -0.25) is 10.1 Å². The van der Waals surface area contributed by atoms with Crippen molar-refractivity contribution in [2.75, 3.05) is 12.4 Å². The first-order chi connectivity index (χ1) is 14.6. The molecule has 0 saturated heterocycles. The number of anilines is 1. The number of carbonyl (C=O) groups excluding carboxylic acids is 1. The van der Waals surface area contributed by atoms with Gasteiger partial charge in [0.15, 0.2) is 5.11 Å². The number of nitrogens with zero attached hydrogens (tertiary/aromatic N) is 1. The molecule has 0 radical (unpaired) electrons. The quantitative estimate of drug-likeness (QED) is 0.336. The Labute approximate surface area is 182 Å². The van der Waals surface area contributed by atoms with Crippen molar-refractivity contribution in [1.82, 2.24) is 10.3 Å². The number of para-hydroxylation sites is 1. The third-order valence-corrected chi connectivity index (χ3v) is 5.46. The fourth-order valence-electron chi connectivity index (χ4n) is 2.79. The molecule has 2 heterocycles. The van der Waals surface area contributed by atoms with Crippen LogP contribution < -0.4 is 15.4 Å². The van der Waals surface area contributed by atoms with Crippen LogP contribution in [0.25, 0.3) is 26.9 Å². The smallest absolute Gasteiger partial charge is 0.250 e. The number of methoxy groups -OCH3 is 1. The van der Waals surface area contributed by atoms with Gasteiger partial charge in [-0.05, 0) is 60.8 Å². The Kier molecular flexibility index (Phi) is 5.87. The minimum absolute atomic E-state index is 0.156. The van der Waals surface area contributed by atoms with Gasteiger partial charge < -0.3 is 14.5 Å². The first-order valence-corrected chi connectivity index (χ1v) is 10.2. The van der Waals surface area contributed by atoms with Crippen LogP contribution in [-0.2, 0) is 4.79 Å². The van der Waals surface area contributed by atoms with E-state index in [2.05, 4.69) is 15.6 Å². The van der Waals surface area contributed by atoms with Gasteiger partial charge in [-0.15, -0.1) is 11.3 Å². The fraction of sp³-hybridized carbons (Fsp3) is 0.0455. The predicted molar refractivity (Wildman–Crippen MR) is 124 cm³/mol. The van der Waals surface area contributed by atoms with Gasteiger partial charge in [0.2, 0.25) is 5.91 Å². The highest BCUT2D eigenvalue weighted by Gasteiger charge is 2.12. The summed E-state index contributed by atoms with van der Waals surface area (Å²) in [7, 11) is 1.58. The van der Waals surface area contributed by atoms with E-state index in [1.807, 2.05) is 42.5 Å². The molecule has 2 N–H and O–H groups in total. The SMILES string of the molecule is COc1ccc(-c2nc3ccccc3s2)cc1NC(=S)NC(=O)C=Cc1ccco1. The Morgan fingerprint density at radius 1 is 1.20 bits per heavy atom. The summed E-state index contributed by atoms with van der Waals surface area (Å²) in [5.74, 6) is 0.807. The molecule has 2 aromatic carbocycles. The van der Waals surface area contributed by atoms with Gasteiger partial charge in [-0.2, -0.15) is 0 Å². The number of aromatic nitrogens is 1. The van der Waals surface area contributed by atoms with E-state index >= 15 is 0 Å². The standard InChI is InChI=1S/C22H17N3O3S2/c1-27-18-10-8-14(21-23-16-6-2-3-7-19(16)30-21)13-17(18)24-22(29)25-20(26)11-9-15-5-4-12-28-15/h2-13H,1H3,(H2,24,25,26,29). The molecule has 0 aliphatic rings. The first kappa shape index (κ1) is 19.8. The predicted octanol–water partition coefficient (Wildman–Crippen LogP) is 5.09. The van der Waals surface area contributed by atoms with Crippen molar-refractivity contribution in [2.24, 2.45) is 0 Å². The van der Waals surface area contributed by atoms with E-state index in [1.165, 1.54) is 12.3 Å². The maximum Gasteiger partial charge on any atom is 0.250 e. The second-order valence-corrected chi connectivity index (χ2v) is 7.63. The lowest BCUT2D eigenvalue weighted by Crippen LogP contribution is -2.32. The highest BCUT2D eigenvalue weighted by atomic mass is 32.1. The number of ether oxygens (including phenoxy) is 1. The Balaban J connectivity index is 1.50. The molecular weight excluding hydrogens is 418 g/mol. The highest BCUT2D eigenvalue weighted by Crippen LogP contribution is 2.34. The molecule has 0 unspecified atom stereocenters. The van der Waals surface area contributed by atoms with Crippen molar-refractivity contribution in [3.63, 3.8) is 0 Å². The monoisotopic (exact) mass is 435 g/mol. The van der Waals surface area contributed by atoms with Crippen LogP contribution in [0.15, 0.2) is 71.4 Å². The third-order valence-electron chi connectivity index (χ3n) is 4.17. The summed E-state index contributed by atoms with van der Waals surface area (Å²) in [5, 5.41) is 6.67. The van der Waals surface area contributed by atoms with Crippen LogP contribution in [0.3, 0.4) is 0 Å². The third kappa shape index (κ3) is 4.56. The molecule has 0 saturated carbocycles. The number of benzene rings is 2. The number of hydrogen-bond acceptors (Lipinski definition) is 6. The van der Waals surface area contributed by atoms with Crippen LogP contribution in [0, 0.1) is 0 Å². The maximum absolute atomic E-state index is 12.1. The summed E-state index contributed by atoms with van der Waals surface area (Å²) in [6.45, 7) is 0. The van der Waals surface area contributed by atoms with Crippen molar-refractivity contribution >= 4 is 56.6 Å². The number of thiocarbonyl (C=S) groups is 1. The second kappa shape index (κ2) is 8.89. The van der Waals surface area contributed by atoms with Crippen LogP contribution in [-0.4, -0.2) is 23.1 Å². The molecular formula is C22H17N3O3S2. The Hall–Kier alpha value is -3.49. The van der Waals surface area contributed by atoms with Crippen LogP contribution in [0.5, 0.6) is 5.75 Å². The van der Waals surface area contributed by atoms with E-state index in [4.69, 9.17) is 21.4 Å². The Morgan fingerprint density at radius 3 is 2.83 bits per heavy atom. The largest absolute Gasteiger partial charge is 0.495 e. The minimum Gasteiger partial charge on any atom is -0.495 e. The summed E-state index contributed by atoms with van der Waals surface area (Å²) in [6.07, 6.45) is 4.45. The van der Waals surface area contributed by atoms with Crippen molar-refractivity contribution < 1.29 is 13.9 Å². The summed E-state index contributed by atoms with van der Waals surface area (Å²) < 4.78 is 11.7. The van der Waals surface area contributed by atoms with E-state index in [0.717, 1.165) is 20.8 Å². The van der Waals surface area contributed by atoms with E-state index < -0.39 is 0 Å². The molecule has 2 aromatic heterocycles. The molecule has 0 aliphatic heterocycles. The molecule has 0 aliphatic carbocycles. The van der Waals surface area contributed by atoms with Crippen LogP contribution in [0.4, 0.5) is 5.69 Å².